The Morgan fingerprint density at radius 3 is 2.46 bits per heavy atom. The van der Waals surface area contributed by atoms with E-state index in [1.165, 1.54) is 13.2 Å². The Morgan fingerprint density at radius 1 is 1.08 bits per heavy atom. The lowest BCUT2D eigenvalue weighted by Gasteiger charge is -2.09. The minimum absolute atomic E-state index is 0.000862. The Labute approximate surface area is 151 Å². The molecule has 136 valence electrons. The number of rotatable bonds is 4. The molecule has 0 radical (unpaired) electrons. The number of hydrogen-bond acceptors (Lipinski definition) is 5. The second-order valence-electron chi connectivity index (χ2n) is 5.80. The number of hydrogen-bond donors (Lipinski definition) is 3. The first-order valence-electron chi connectivity index (χ1n) is 7.92. The average molecular weight is 355 g/mol. The van der Waals surface area contributed by atoms with Crippen LogP contribution in [0.25, 0.3) is 0 Å². The van der Waals surface area contributed by atoms with Gasteiger partial charge in [-0.25, -0.2) is 5.43 Å². The molecule has 2 aromatic rings. The van der Waals surface area contributed by atoms with E-state index >= 15 is 0 Å². The SMILES string of the molecule is COc1cc(C(C)=NNC(=O)C(=O)Nc2ccc(C)cc2C)ccc1O. The van der Waals surface area contributed by atoms with Crippen molar-refractivity contribution in [1.82, 2.24) is 5.43 Å². The third-order valence-electron chi connectivity index (χ3n) is 3.76. The van der Waals surface area contributed by atoms with Gasteiger partial charge in [-0.3, -0.25) is 9.59 Å². The molecule has 3 N–H and O–H groups in total. The summed E-state index contributed by atoms with van der Waals surface area (Å²) in [5.41, 5.74) is 5.80. The highest BCUT2D eigenvalue weighted by molar-refractivity contribution is 6.39. The van der Waals surface area contributed by atoms with Gasteiger partial charge in [0.2, 0.25) is 0 Å². The molecule has 0 atom stereocenters. The fraction of sp³-hybridized carbons (Fsp3) is 0.211. The first kappa shape index (κ1) is 19.0. The van der Waals surface area contributed by atoms with Crippen LogP contribution in [0.2, 0.25) is 0 Å². The standard InChI is InChI=1S/C19H21N3O4/c1-11-5-7-15(12(2)9-11)20-18(24)19(25)22-21-13(3)14-6-8-16(23)17(10-14)26-4/h5-10,23H,1-4H3,(H,20,24)(H,22,25). The normalized spacial score (nSPS) is 11.0. The summed E-state index contributed by atoms with van der Waals surface area (Å²) in [4.78, 5) is 23.9. The molecule has 2 aromatic carbocycles. The number of nitrogens with zero attached hydrogens (tertiary/aromatic N) is 1. The topological polar surface area (TPSA) is 100 Å². The van der Waals surface area contributed by atoms with Gasteiger partial charge in [0, 0.05) is 11.3 Å². The molecular weight excluding hydrogens is 334 g/mol. The number of anilines is 1. The van der Waals surface area contributed by atoms with Crippen molar-refractivity contribution in [2.45, 2.75) is 20.8 Å². The van der Waals surface area contributed by atoms with Gasteiger partial charge in [0.15, 0.2) is 11.5 Å². The highest BCUT2D eigenvalue weighted by Crippen LogP contribution is 2.26. The van der Waals surface area contributed by atoms with Gasteiger partial charge in [0.1, 0.15) is 0 Å². The van der Waals surface area contributed by atoms with Crippen molar-refractivity contribution in [3.63, 3.8) is 0 Å². The number of phenols is 1. The number of ether oxygens (including phenoxy) is 1. The van der Waals surface area contributed by atoms with Crippen LogP contribution in [0, 0.1) is 13.8 Å². The molecule has 0 spiro atoms. The molecule has 0 aliphatic rings. The van der Waals surface area contributed by atoms with Gasteiger partial charge in [0.25, 0.3) is 0 Å². The molecule has 26 heavy (non-hydrogen) atoms. The van der Waals surface area contributed by atoms with Crippen molar-refractivity contribution in [2.75, 3.05) is 12.4 Å². The summed E-state index contributed by atoms with van der Waals surface area (Å²) in [7, 11) is 1.44. The van der Waals surface area contributed by atoms with Crippen molar-refractivity contribution in [2.24, 2.45) is 5.10 Å². The van der Waals surface area contributed by atoms with Crippen LogP contribution in [0.15, 0.2) is 41.5 Å². The fourth-order valence-electron chi connectivity index (χ4n) is 2.29. The van der Waals surface area contributed by atoms with Crippen LogP contribution in [0.5, 0.6) is 11.5 Å². The van der Waals surface area contributed by atoms with E-state index in [0.29, 0.717) is 17.0 Å². The van der Waals surface area contributed by atoms with Crippen molar-refractivity contribution < 1.29 is 19.4 Å². The molecule has 0 bridgehead atoms. The minimum Gasteiger partial charge on any atom is -0.504 e. The maximum atomic E-state index is 12.0. The van der Waals surface area contributed by atoms with E-state index < -0.39 is 11.8 Å². The second-order valence-corrected chi connectivity index (χ2v) is 5.80. The average Bonchev–Trinajstić information content (AvgIpc) is 2.62. The van der Waals surface area contributed by atoms with Crippen molar-refractivity contribution in [3.8, 4) is 11.5 Å². The van der Waals surface area contributed by atoms with Crippen LogP contribution in [0.4, 0.5) is 5.69 Å². The quantitative estimate of drug-likeness (QED) is 0.446. The maximum absolute atomic E-state index is 12.0. The van der Waals surface area contributed by atoms with E-state index in [-0.39, 0.29) is 11.5 Å². The highest BCUT2D eigenvalue weighted by atomic mass is 16.5. The molecule has 0 unspecified atom stereocenters. The number of amides is 2. The molecular formula is C19H21N3O4. The van der Waals surface area contributed by atoms with E-state index in [9.17, 15) is 14.7 Å². The molecule has 2 rings (SSSR count). The first-order valence-corrected chi connectivity index (χ1v) is 7.92. The van der Waals surface area contributed by atoms with E-state index in [4.69, 9.17) is 4.74 Å². The number of benzene rings is 2. The smallest absolute Gasteiger partial charge is 0.329 e. The Balaban J connectivity index is 2.04. The van der Waals surface area contributed by atoms with E-state index in [0.717, 1.165) is 11.1 Å². The molecule has 0 aliphatic heterocycles. The number of aryl methyl sites for hydroxylation is 2. The molecule has 0 aliphatic carbocycles. The summed E-state index contributed by atoms with van der Waals surface area (Å²) in [6.07, 6.45) is 0. The second kappa shape index (κ2) is 8.15. The lowest BCUT2D eigenvalue weighted by atomic mass is 10.1. The highest BCUT2D eigenvalue weighted by Gasteiger charge is 2.14. The monoisotopic (exact) mass is 355 g/mol. The summed E-state index contributed by atoms with van der Waals surface area (Å²) in [6.45, 7) is 5.45. The summed E-state index contributed by atoms with van der Waals surface area (Å²) in [5.74, 6) is -1.40. The van der Waals surface area contributed by atoms with Crippen LogP contribution < -0.4 is 15.5 Å². The Bertz CT molecular complexity index is 875. The number of carbonyl (C=O) groups is 2. The molecule has 7 heteroatoms. The number of phenolic OH excluding ortho intramolecular Hbond substituents is 1. The van der Waals surface area contributed by atoms with Gasteiger partial charge in [-0.1, -0.05) is 17.7 Å². The molecule has 0 aromatic heterocycles. The van der Waals surface area contributed by atoms with E-state index in [1.807, 2.05) is 26.0 Å². The van der Waals surface area contributed by atoms with Crippen LogP contribution in [-0.4, -0.2) is 29.7 Å². The lowest BCUT2D eigenvalue weighted by Crippen LogP contribution is -2.33. The van der Waals surface area contributed by atoms with Gasteiger partial charge in [-0.05, 0) is 50.6 Å². The van der Waals surface area contributed by atoms with Crippen LogP contribution >= 0.6 is 0 Å². The Kier molecular flexibility index (Phi) is 5.95. The minimum atomic E-state index is -0.880. The van der Waals surface area contributed by atoms with Crippen molar-refractivity contribution in [3.05, 3.63) is 53.1 Å². The van der Waals surface area contributed by atoms with Gasteiger partial charge >= 0.3 is 11.8 Å². The lowest BCUT2D eigenvalue weighted by molar-refractivity contribution is -0.136. The fourth-order valence-corrected chi connectivity index (χ4v) is 2.29. The van der Waals surface area contributed by atoms with Crippen molar-refractivity contribution in [1.29, 1.82) is 0 Å². The summed E-state index contributed by atoms with van der Waals surface area (Å²) in [5, 5.41) is 16.1. The summed E-state index contributed by atoms with van der Waals surface area (Å²) >= 11 is 0. The largest absolute Gasteiger partial charge is 0.504 e. The molecule has 2 amide bonds. The van der Waals surface area contributed by atoms with Crippen LogP contribution in [0.1, 0.15) is 23.6 Å². The van der Waals surface area contributed by atoms with Gasteiger partial charge < -0.3 is 15.2 Å². The predicted octanol–water partition coefficient (Wildman–Crippen LogP) is 2.50. The molecule has 0 saturated carbocycles. The Hall–Kier alpha value is -3.35. The van der Waals surface area contributed by atoms with E-state index in [2.05, 4.69) is 15.8 Å². The number of carbonyl (C=O) groups excluding carboxylic acids is 2. The van der Waals surface area contributed by atoms with Gasteiger partial charge in [-0.2, -0.15) is 5.10 Å². The Morgan fingerprint density at radius 2 is 1.81 bits per heavy atom. The molecule has 0 saturated heterocycles. The zero-order chi connectivity index (χ0) is 19.3. The van der Waals surface area contributed by atoms with Crippen molar-refractivity contribution >= 4 is 23.2 Å². The number of hydrazone groups is 1. The first-order chi connectivity index (χ1) is 12.3. The third-order valence-corrected chi connectivity index (χ3v) is 3.76. The number of methoxy groups -OCH3 is 1. The van der Waals surface area contributed by atoms with Gasteiger partial charge in [0.05, 0.1) is 12.8 Å². The zero-order valence-electron chi connectivity index (χ0n) is 15.1. The number of aromatic hydroxyl groups is 1. The summed E-state index contributed by atoms with van der Waals surface area (Å²) in [6, 6.07) is 10.2. The van der Waals surface area contributed by atoms with Crippen LogP contribution in [-0.2, 0) is 9.59 Å². The molecule has 7 nitrogen and oxygen atoms in total. The van der Waals surface area contributed by atoms with Crippen LogP contribution in [0.3, 0.4) is 0 Å². The maximum Gasteiger partial charge on any atom is 0.329 e. The predicted molar refractivity (Wildman–Crippen MR) is 99.6 cm³/mol. The molecule has 0 heterocycles. The molecule has 0 fully saturated rings. The third kappa shape index (κ3) is 4.60. The van der Waals surface area contributed by atoms with Gasteiger partial charge in [-0.15, -0.1) is 0 Å². The van der Waals surface area contributed by atoms with E-state index in [1.54, 1.807) is 25.1 Å². The zero-order valence-corrected chi connectivity index (χ0v) is 15.1. The summed E-state index contributed by atoms with van der Waals surface area (Å²) < 4.78 is 5.03. The number of nitrogens with one attached hydrogen (secondary N) is 2.